The van der Waals surface area contributed by atoms with Crippen LogP contribution in [0.1, 0.15) is 17.3 Å². The Morgan fingerprint density at radius 1 is 1.04 bits per heavy atom. The number of methoxy groups -OCH3 is 1. The van der Waals surface area contributed by atoms with Crippen molar-refractivity contribution in [1.82, 2.24) is 14.6 Å². The molecule has 2 heterocycles. The van der Waals surface area contributed by atoms with Crippen LogP contribution in [0.3, 0.4) is 0 Å². The molecule has 0 radical (unpaired) electrons. The first kappa shape index (κ1) is 16.8. The highest BCUT2D eigenvalue weighted by atomic mass is 16.5. The molecule has 0 bridgehead atoms. The Morgan fingerprint density at radius 2 is 1.81 bits per heavy atom. The normalized spacial score (nSPS) is 10.7. The molecule has 0 saturated heterocycles. The Hall–Kier alpha value is -3.67. The zero-order chi connectivity index (χ0) is 18.8. The van der Waals surface area contributed by atoms with Gasteiger partial charge in [0.2, 0.25) is 5.95 Å². The fourth-order valence-corrected chi connectivity index (χ4v) is 2.88. The lowest BCUT2D eigenvalue weighted by molar-refractivity contribution is 0.101. The summed E-state index contributed by atoms with van der Waals surface area (Å²) in [5.74, 6) is 1.31. The summed E-state index contributed by atoms with van der Waals surface area (Å²) in [5, 5.41) is 7.77. The molecule has 0 unspecified atom stereocenters. The monoisotopic (exact) mass is 358 g/mol. The molecule has 0 aliphatic heterocycles. The van der Waals surface area contributed by atoms with E-state index in [2.05, 4.69) is 15.4 Å². The summed E-state index contributed by atoms with van der Waals surface area (Å²) in [6.45, 7) is 1.55. The second-order valence-corrected chi connectivity index (χ2v) is 6.11. The van der Waals surface area contributed by atoms with Gasteiger partial charge < -0.3 is 10.1 Å². The first-order valence-corrected chi connectivity index (χ1v) is 8.52. The van der Waals surface area contributed by atoms with E-state index >= 15 is 0 Å². The fourth-order valence-electron chi connectivity index (χ4n) is 2.88. The van der Waals surface area contributed by atoms with Crippen molar-refractivity contribution in [3.05, 3.63) is 72.3 Å². The summed E-state index contributed by atoms with van der Waals surface area (Å²) in [6.07, 6.45) is 0. The molecule has 6 nitrogen and oxygen atoms in total. The molecule has 0 amide bonds. The van der Waals surface area contributed by atoms with Crippen molar-refractivity contribution in [3.8, 4) is 17.0 Å². The molecule has 0 saturated carbocycles. The van der Waals surface area contributed by atoms with Gasteiger partial charge in [-0.1, -0.05) is 18.2 Å². The quantitative estimate of drug-likeness (QED) is 0.537. The molecule has 6 heteroatoms. The molecule has 4 rings (SSSR count). The SMILES string of the molecule is COc1cccc(-c2cccc3nc(Nc4ccc(C(C)=O)cc4)nn23)c1. The van der Waals surface area contributed by atoms with E-state index < -0.39 is 0 Å². The Balaban J connectivity index is 1.69. The summed E-state index contributed by atoms with van der Waals surface area (Å²) in [4.78, 5) is 15.9. The largest absolute Gasteiger partial charge is 0.497 e. The molecule has 0 aliphatic rings. The average Bonchev–Trinajstić information content (AvgIpc) is 3.10. The molecular weight excluding hydrogens is 340 g/mol. The molecular formula is C21H18N4O2. The molecule has 0 aliphatic carbocycles. The highest BCUT2D eigenvalue weighted by Crippen LogP contribution is 2.25. The molecule has 134 valence electrons. The number of carbonyl (C=O) groups excluding carboxylic acids is 1. The third-order valence-electron chi connectivity index (χ3n) is 4.27. The van der Waals surface area contributed by atoms with E-state index in [9.17, 15) is 4.79 Å². The van der Waals surface area contributed by atoms with Gasteiger partial charge in [-0.25, -0.2) is 4.52 Å². The number of hydrogen-bond donors (Lipinski definition) is 1. The number of ketones is 1. The van der Waals surface area contributed by atoms with Gasteiger partial charge in [0.25, 0.3) is 0 Å². The molecule has 0 atom stereocenters. The van der Waals surface area contributed by atoms with Gasteiger partial charge >= 0.3 is 0 Å². The maximum absolute atomic E-state index is 11.4. The average molecular weight is 358 g/mol. The Morgan fingerprint density at radius 3 is 2.56 bits per heavy atom. The second-order valence-electron chi connectivity index (χ2n) is 6.11. The standard InChI is InChI=1S/C21H18N4O2/c1-14(26)15-9-11-17(12-10-15)22-21-23-20-8-4-7-19(25(20)24-21)16-5-3-6-18(13-16)27-2/h3-13H,1-2H3,(H,22,24). The van der Waals surface area contributed by atoms with Crippen molar-refractivity contribution >= 4 is 23.1 Å². The number of aromatic nitrogens is 3. The van der Waals surface area contributed by atoms with Gasteiger partial charge in [0.05, 0.1) is 12.8 Å². The predicted octanol–water partition coefficient (Wildman–Crippen LogP) is 4.35. The first-order valence-electron chi connectivity index (χ1n) is 8.52. The van der Waals surface area contributed by atoms with Crippen molar-refractivity contribution < 1.29 is 9.53 Å². The first-order chi connectivity index (χ1) is 13.1. The molecule has 0 fully saturated rings. The molecule has 4 aromatic rings. The van der Waals surface area contributed by atoms with E-state index in [0.717, 1.165) is 28.3 Å². The lowest BCUT2D eigenvalue weighted by atomic mass is 10.1. The number of Topliss-reactive ketones (excluding diaryl/α,β-unsaturated/α-hetero) is 1. The van der Waals surface area contributed by atoms with Gasteiger partial charge in [-0.15, -0.1) is 5.10 Å². The van der Waals surface area contributed by atoms with E-state index in [0.29, 0.717) is 11.5 Å². The smallest absolute Gasteiger partial charge is 0.247 e. The van der Waals surface area contributed by atoms with Crippen LogP contribution in [0, 0.1) is 0 Å². The van der Waals surface area contributed by atoms with Crippen molar-refractivity contribution in [1.29, 1.82) is 0 Å². The van der Waals surface area contributed by atoms with Crippen molar-refractivity contribution in [2.45, 2.75) is 6.92 Å². The summed E-state index contributed by atoms with van der Waals surface area (Å²) >= 11 is 0. The highest BCUT2D eigenvalue weighted by Gasteiger charge is 2.10. The molecule has 27 heavy (non-hydrogen) atoms. The van der Waals surface area contributed by atoms with Gasteiger partial charge in [0, 0.05) is 16.8 Å². The van der Waals surface area contributed by atoms with Crippen LogP contribution in [-0.2, 0) is 0 Å². The van der Waals surface area contributed by atoms with E-state index in [-0.39, 0.29) is 5.78 Å². The van der Waals surface area contributed by atoms with Gasteiger partial charge in [0.1, 0.15) is 5.75 Å². The van der Waals surface area contributed by atoms with Crippen LogP contribution in [0.25, 0.3) is 16.9 Å². The van der Waals surface area contributed by atoms with E-state index in [1.165, 1.54) is 0 Å². The third kappa shape index (κ3) is 3.37. The lowest BCUT2D eigenvalue weighted by Gasteiger charge is -2.06. The number of pyridine rings is 1. The maximum Gasteiger partial charge on any atom is 0.247 e. The van der Waals surface area contributed by atoms with Crippen molar-refractivity contribution in [2.24, 2.45) is 0 Å². The summed E-state index contributed by atoms with van der Waals surface area (Å²) < 4.78 is 7.11. The van der Waals surface area contributed by atoms with Gasteiger partial charge in [-0.05, 0) is 55.5 Å². The number of rotatable bonds is 5. The number of hydrogen-bond acceptors (Lipinski definition) is 5. The molecule has 2 aromatic carbocycles. The number of ether oxygens (including phenoxy) is 1. The summed E-state index contributed by atoms with van der Waals surface area (Å²) in [7, 11) is 1.65. The van der Waals surface area contributed by atoms with Crippen LogP contribution in [0.5, 0.6) is 5.75 Å². The van der Waals surface area contributed by atoms with Gasteiger partial charge in [-0.3, -0.25) is 4.79 Å². The zero-order valence-electron chi connectivity index (χ0n) is 15.0. The van der Waals surface area contributed by atoms with Crippen molar-refractivity contribution in [2.75, 3.05) is 12.4 Å². The van der Waals surface area contributed by atoms with Crippen LogP contribution in [0.4, 0.5) is 11.6 Å². The molecule has 2 aromatic heterocycles. The van der Waals surface area contributed by atoms with E-state index in [1.54, 1.807) is 30.7 Å². The number of nitrogens with zero attached hydrogens (tertiary/aromatic N) is 3. The Bertz CT molecular complexity index is 1120. The third-order valence-corrected chi connectivity index (χ3v) is 4.27. The number of anilines is 2. The van der Waals surface area contributed by atoms with Crippen LogP contribution in [-0.4, -0.2) is 27.5 Å². The topological polar surface area (TPSA) is 68.5 Å². The minimum absolute atomic E-state index is 0.0373. The van der Waals surface area contributed by atoms with Crippen LogP contribution in [0.2, 0.25) is 0 Å². The van der Waals surface area contributed by atoms with Gasteiger partial charge in [-0.2, -0.15) is 4.98 Å². The molecule has 0 spiro atoms. The fraction of sp³-hybridized carbons (Fsp3) is 0.0952. The number of nitrogens with one attached hydrogen (secondary N) is 1. The maximum atomic E-state index is 11.4. The highest BCUT2D eigenvalue weighted by molar-refractivity contribution is 5.94. The van der Waals surface area contributed by atoms with E-state index in [1.807, 2.05) is 54.6 Å². The van der Waals surface area contributed by atoms with Crippen LogP contribution >= 0.6 is 0 Å². The predicted molar refractivity (Wildman–Crippen MR) is 105 cm³/mol. The zero-order valence-corrected chi connectivity index (χ0v) is 15.0. The van der Waals surface area contributed by atoms with Crippen molar-refractivity contribution in [3.63, 3.8) is 0 Å². The Kier molecular flexibility index (Phi) is 4.30. The van der Waals surface area contributed by atoms with Gasteiger partial charge in [0.15, 0.2) is 11.4 Å². The molecule has 1 N–H and O–H groups in total. The minimum atomic E-state index is 0.0373. The number of fused-ring (bicyclic) bond motifs is 1. The lowest BCUT2D eigenvalue weighted by Crippen LogP contribution is -1.97. The van der Waals surface area contributed by atoms with Crippen LogP contribution < -0.4 is 10.1 Å². The van der Waals surface area contributed by atoms with Crippen LogP contribution in [0.15, 0.2) is 66.7 Å². The second kappa shape index (κ2) is 6.92. The number of benzene rings is 2. The minimum Gasteiger partial charge on any atom is -0.497 e. The summed E-state index contributed by atoms with van der Waals surface area (Å²) in [5.41, 5.74) is 4.13. The number of carbonyl (C=O) groups is 1. The van der Waals surface area contributed by atoms with E-state index in [4.69, 9.17) is 4.74 Å². The Labute approximate surface area is 156 Å². The summed E-state index contributed by atoms with van der Waals surface area (Å²) in [6, 6.07) is 20.9.